The highest BCUT2D eigenvalue weighted by Gasteiger charge is 2.08. The van der Waals surface area contributed by atoms with Gasteiger partial charge in [-0.25, -0.2) is 0 Å². The van der Waals surface area contributed by atoms with E-state index < -0.39 is 0 Å². The van der Waals surface area contributed by atoms with E-state index in [9.17, 15) is 9.59 Å². The third-order valence-electron chi connectivity index (χ3n) is 2.53. The molecule has 3 N–H and O–H groups in total. The van der Waals surface area contributed by atoms with Gasteiger partial charge >= 0.3 is 0 Å². The summed E-state index contributed by atoms with van der Waals surface area (Å²) < 4.78 is 4.93. The predicted octanol–water partition coefficient (Wildman–Crippen LogP) is 1.04. The van der Waals surface area contributed by atoms with Crippen LogP contribution in [0.1, 0.15) is 22.5 Å². The molecule has 19 heavy (non-hydrogen) atoms. The van der Waals surface area contributed by atoms with Gasteiger partial charge < -0.3 is 20.0 Å². The Bertz CT molecular complexity index is 517. The zero-order valence-corrected chi connectivity index (χ0v) is 10.3. The number of aromatic amines is 1. The van der Waals surface area contributed by atoms with Crippen LogP contribution in [0.25, 0.3) is 0 Å². The van der Waals surface area contributed by atoms with Crippen molar-refractivity contribution in [3.05, 3.63) is 48.2 Å². The van der Waals surface area contributed by atoms with E-state index in [0.717, 1.165) is 5.56 Å². The van der Waals surface area contributed by atoms with Crippen molar-refractivity contribution < 1.29 is 14.0 Å². The highest BCUT2D eigenvalue weighted by atomic mass is 16.3. The number of aromatic nitrogens is 1. The summed E-state index contributed by atoms with van der Waals surface area (Å²) in [5, 5.41) is 5.37. The molecule has 0 unspecified atom stereocenters. The van der Waals surface area contributed by atoms with E-state index in [1.165, 1.54) is 6.26 Å². The van der Waals surface area contributed by atoms with Crippen LogP contribution < -0.4 is 10.6 Å². The molecule has 2 heterocycles. The molecule has 0 bridgehead atoms. The van der Waals surface area contributed by atoms with Crippen molar-refractivity contribution >= 4 is 11.8 Å². The first kappa shape index (κ1) is 12.9. The van der Waals surface area contributed by atoms with Crippen LogP contribution in [0.4, 0.5) is 0 Å². The third kappa shape index (κ3) is 4.02. The number of carbonyl (C=O) groups excluding carboxylic acids is 2. The van der Waals surface area contributed by atoms with E-state index in [2.05, 4.69) is 15.6 Å². The lowest BCUT2D eigenvalue weighted by molar-refractivity contribution is -0.121. The lowest BCUT2D eigenvalue weighted by Gasteiger charge is -2.04. The van der Waals surface area contributed by atoms with Gasteiger partial charge in [0.05, 0.1) is 6.26 Å². The van der Waals surface area contributed by atoms with Crippen molar-refractivity contribution in [2.45, 2.75) is 13.0 Å². The van der Waals surface area contributed by atoms with Crippen LogP contribution in [-0.2, 0) is 11.3 Å². The maximum Gasteiger partial charge on any atom is 0.286 e. The van der Waals surface area contributed by atoms with Crippen LogP contribution in [0.3, 0.4) is 0 Å². The van der Waals surface area contributed by atoms with Gasteiger partial charge in [0.1, 0.15) is 0 Å². The summed E-state index contributed by atoms with van der Waals surface area (Å²) in [4.78, 5) is 25.9. The molecular formula is C13H15N3O3. The summed E-state index contributed by atoms with van der Waals surface area (Å²) in [5.41, 5.74) is 1.01. The lowest BCUT2D eigenvalue weighted by atomic mass is 10.3. The molecule has 0 aliphatic carbocycles. The molecule has 2 rings (SSSR count). The minimum Gasteiger partial charge on any atom is -0.459 e. The van der Waals surface area contributed by atoms with Crippen molar-refractivity contribution in [2.75, 3.05) is 6.54 Å². The Labute approximate surface area is 110 Å². The number of hydrogen-bond donors (Lipinski definition) is 3. The smallest absolute Gasteiger partial charge is 0.286 e. The van der Waals surface area contributed by atoms with Gasteiger partial charge in [0, 0.05) is 31.9 Å². The highest BCUT2D eigenvalue weighted by molar-refractivity contribution is 5.91. The Hall–Kier alpha value is -2.50. The molecular weight excluding hydrogens is 246 g/mol. The maximum absolute atomic E-state index is 11.5. The van der Waals surface area contributed by atoms with Crippen LogP contribution in [0, 0.1) is 0 Å². The molecule has 6 nitrogen and oxygen atoms in total. The molecule has 2 aromatic rings. The minimum atomic E-state index is -0.316. The Balaban J connectivity index is 1.63. The fourth-order valence-corrected chi connectivity index (χ4v) is 1.54. The van der Waals surface area contributed by atoms with Crippen LogP contribution in [0.15, 0.2) is 41.3 Å². The highest BCUT2D eigenvalue weighted by Crippen LogP contribution is 1.99. The average Bonchev–Trinajstić information content (AvgIpc) is 3.09. The second-order valence-electron chi connectivity index (χ2n) is 3.98. The van der Waals surface area contributed by atoms with Gasteiger partial charge in [-0.2, -0.15) is 0 Å². The van der Waals surface area contributed by atoms with Gasteiger partial charge in [-0.3, -0.25) is 9.59 Å². The molecule has 2 amide bonds. The molecule has 0 aromatic carbocycles. The Kier molecular flexibility index (Phi) is 4.39. The van der Waals surface area contributed by atoms with Gasteiger partial charge in [-0.15, -0.1) is 0 Å². The van der Waals surface area contributed by atoms with Crippen LogP contribution >= 0.6 is 0 Å². The van der Waals surface area contributed by atoms with E-state index in [1.807, 2.05) is 12.3 Å². The summed E-state index contributed by atoms with van der Waals surface area (Å²) >= 11 is 0. The number of nitrogens with one attached hydrogen (secondary N) is 3. The van der Waals surface area contributed by atoms with Gasteiger partial charge in [-0.1, -0.05) is 0 Å². The molecule has 0 aliphatic heterocycles. The Morgan fingerprint density at radius 3 is 2.84 bits per heavy atom. The molecule has 0 saturated heterocycles. The van der Waals surface area contributed by atoms with Gasteiger partial charge in [0.25, 0.3) is 5.91 Å². The molecule has 0 saturated carbocycles. The first-order chi connectivity index (χ1) is 9.25. The number of amides is 2. The molecule has 0 spiro atoms. The molecule has 0 fully saturated rings. The summed E-state index contributed by atoms with van der Waals surface area (Å²) in [7, 11) is 0. The van der Waals surface area contributed by atoms with E-state index in [4.69, 9.17) is 4.42 Å². The van der Waals surface area contributed by atoms with Crippen LogP contribution in [0.2, 0.25) is 0 Å². The quantitative estimate of drug-likeness (QED) is 0.726. The van der Waals surface area contributed by atoms with E-state index >= 15 is 0 Å². The van der Waals surface area contributed by atoms with E-state index in [1.54, 1.807) is 18.3 Å². The standard InChI is InChI=1S/C13H15N3O3/c17-12(16-9-10-3-5-14-8-10)4-6-15-13(18)11-2-1-7-19-11/h1-3,5,7-8,14H,4,6,9H2,(H,15,18)(H,16,17). The lowest BCUT2D eigenvalue weighted by Crippen LogP contribution is -2.30. The summed E-state index contributed by atoms with van der Waals surface area (Å²) in [5.74, 6) is -0.183. The Morgan fingerprint density at radius 2 is 2.16 bits per heavy atom. The molecule has 0 atom stereocenters. The van der Waals surface area contributed by atoms with Crippen molar-refractivity contribution in [3.8, 4) is 0 Å². The monoisotopic (exact) mass is 261 g/mol. The molecule has 6 heteroatoms. The maximum atomic E-state index is 11.5. The summed E-state index contributed by atoms with van der Waals surface area (Å²) in [6.45, 7) is 0.757. The minimum absolute atomic E-state index is 0.110. The first-order valence-corrected chi connectivity index (χ1v) is 5.96. The van der Waals surface area contributed by atoms with E-state index in [0.29, 0.717) is 6.54 Å². The van der Waals surface area contributed by atoms with Crippen molar-refractivity contribution in [1.29, 1.82) is 0 Å². The fourth-order valence-electron chi connectivity index (χ4n) is 1.54. The van der Waals surface area contributed by atoms with Crippen molar-refractivity contribution in [3.63, 3.8) is 0 Å². The number of carbonyl (C=O) groups is 2. The SMILES string of the molecule is O=C(CCNC(=O)c1ccco1)NCc1cc[nH]c1. The summed E-state index contributed by atoms with van der Waals surface area (Å²) in [6, 6.07) is 5.10. The topological polar surface area (TPSA) is 87.1 Å². The molecule has 0 radical (unpaired) electrons. The molecule has 100 valence electrons. The number of rotatable bonds is 6. The van der Waals surface area contributed by atoms with E-state index in [-0.39, 0.29) is 30.5 Å². The van der Waals surface area contributed by atoms with Gasteiger partial charge in [0.2, 0.25) is 5.91 Å². The number of furan rings is 1. The zero-order valence-electron chi connectivity index (χ0n) is 10.3. The average molecular weight is 261 g/mol. The zero-order chi connectivity index (χ0) is 13.5. The fraction of sp³-hybridized carbons (Fsp3) is 0.231. The Morgan fingerprint density at radius 1 is 1.26 bits per heavy atom. The van der Waals surface area contributed by atoms with Gasteiger partial charge in [-0.05, 0) is 23.8 Å². The first-order valence-electron chi connectivity index (χ1n) is 5.96. The summed E-state index contributed by atoms with van der Waals surface area (Å²) in [6.07, 6.45) is 5.28. The number of H-pyrrole nitrogens is 1. The predicted molar refractivity (Wildman–Crippen MR) is 68.3 cm³/mol. The van der Waals surface area contributed by atoms with Crippen LogP contribution in [-0.4, -0.2) is 23.3 Å². The molecule has 2 aromatic heterocycles. The van der Waals surface area contributed by atoms with Crippen LogP contribution in [0.5, 0.6) is 0 Å². The second-order valence-corrected chi connectivity index (χ2v) is 3.98. The number of hydrogen-bond acceptors (Lipinski definition) is 3. The van der Waals surface area contributed by atoms with Gasteiger partial charge in [0.15, 0.2) is 5.76 Å². The van der Waals surface area contributed by atoms with Crippen molar-refractivity contribution in [1.82, 2.24) is 15.6 Å². The van der Waals surface area contributed by atoms with Crippen molar-refractivity contribution in [2.24, 2.45) is 0 Å². The normalized spacial score (nSPS) is 10.1. The largest absolute Gasteiger partial charge is 0.459 e. The second kappa shape index (κ2) is 6.44. The third-order valence-corrected chi connectivity index (χ3v) is 2.53. The molecule has 0 aliphatic rings.